The highest BCUT2D eigenvalue weighted by Gasteiger charge is 2.23. The van der Waals surface area contributed by atoms with Gasteiger partial charge in [0.05, 0.1) is 18.2 Å². The van der Waals surface area contributed by atoms with Crippen molar-refractivity contribution in [3.63, 3.8) is 0 Å². The normalized spacial score (nSPS) is 11.8. The van der Waals surface area contributed by atoms with Crippen molar-refractivity contribution in [2.45, 2.75) is 12.5 Å². The molecule has 7 nitrogen and oxygen atoms in total. The molecular weight excluding hydrogens is 408 g/mol. The lowest BCUT2D eigenvalue weighted by Gasteiger charge is -2.18. The summed E-state index contributed by atoms with van der Waals surface area (Å²) in [5.41, 5.74) is -0.365. The number of carboxylic acids is 1. The summed E-state index contributed by atoms with van der Waals surface area (Å²) in [5, 5.41) is 14.2. The van der Waals surface area contributed by atoms with Crippen molar-refractivity contribution in [3.05, 3.63) is 86.8 Å². The SMILES string of the molecule is O=C(O)CC(NC(=O)c1cc(=O)n(-c2ccc(F)cc2)[nH]1)c1cc(F)ccc1Cl. The molecule has 0 radical (unpaired) electrons. The number of hydrogen-bond donors (Lipinski definition) is 3. The molecule has 2 aromatic carbocycles. The zero-order chi connectivity index (χ0) is 21.1. The van der Waals surface area contributed by atoms with Gasteiger partial charge in [0.25, 0.3) is 11.5 Å². The Bertz CT molecular complexity index is 1130. The smallest absolute Gasteiger partial charge is 0.305 e. The lowest BCUT2D eigenvalue weighted by molar-refractivity contribution is -0.137. The molecule has 3 aromatic rings. The number of nitrogens with one attached hydrogen (secondary N) is 2. The van der Waals surface area contributed by atoms with E-state index in [1.807, 2.05) is 0 Å². The predicted octanol–water partition coefficient (Wildman–Crippen LogP) is 3.04. The molecular formula is C19H14ClF2N3O4. The minimum absolute atomic E-state index is 0.0790. The monoisotopic (exact) mass is 421 g/mol. The van der Waals surface area contributed by atoms with Crippen LogP contribution in [-0.4, -0.2) is 26.8 Å². The maximum absolute atomic E-state index is 13.6. The second-order valence-electron chi connectivity index (χ2n) is 6.11. The molecule has 0 fully saturated rings. The molecule has 0 aliphatic carbocycles. The molecule has 3 rings (SSSR count). The molecule has 0 bridgehead atoms. The Balaban J connectivity index is 1.89. The molecule has 10 heteroatoms. The first kappa shape index (κ1) is 20.3. The van der Waals surface area contributed by atoms with Crippen LogP contribution in [0.25, 0.3) is 5.69 Å². The van der Waals surface area contributed by atoms with Crippen LogP contribution in [0.3, 0.4) is 0 Å². The van der Waals surface area contributed by atoms with E-state index in [1.54, 1.807) is 0 Å². The molecule has 3 N–H and O–H groups in total. The fourth-order valence-corrected chi connectivity index (χ4v) is 2.97. The Kier molecular flexibility index (Phi) is 5.79. The Morgan fingerprint density at radius 3 is 2.41 bits per heavy atom. The molecule has 150 valence electrons. The van der Waals surface area contributed by atoms with Gasteiger partial charge in [0, 0.05) is 11.1 Å². The third-order valence-corrected chi connectivity index (χ3v) is 4.41. The topological polar surface area (TPSA) is 104 Å². The van der Waals surface area contributed by atoms with Crippen molar-refractivity contribution in [1.29, 1.82) is 0 Å². The fraction of sp³-hybridized carbons (Fsp3) is 0.105. The van der Waals surface area contributed by atoms with Gasteiger partial charge < -0.3 is 10.4 Å². The average Bonchev–Trinajstić information content (AvgIpc) is 3.05. The Morgan fingerprint density at radius 1 is 1.10 bits per heavy atom. The second kappa shape index (κ2) is 8.27. The zero-order valence-corrected chi connectivity index (χ0v) is 15.4. The molecule has 1 unspecified atom stereocenters. The average molecular weight is 422 g/mol. The maximum atomic E-state index is 13.6. The first-order valence-corrected chi connectivity index (χ1v) is 8.68. The van der Waals surface area contributed by atoms with E-state index in [1.165, 1.54) is 18.2 Å². The third kappa shape index (κ3) is 4.69. The number of aromatic nitrogens is 2. The molecule has 1 atom stereocenters. The number of rotatable bonds is 6. The summed E-state index contributed by atoms with van der Waals surface area (Å²) in [6.45, 7) is 0. The van der Waals surface area contributed by atoms with E-state index in [2.05, 4.69) is 10.4 Å². The fourth-order valence-electron chi connectivity index (χ4n) is 2.73. The number of hydrogen-bond acceptors (Lipinski definition) is 3. The maximum Gasteiger partial charge on any atom is 0.305 e. The van der Waals surface area contributed by atoms with Crippen LogP contribution in [0.1, 0.15) is 28.5 Å². The number of halogens is 3. The summed E-state index contributed by atoms with van der Waals surface area (Å²) in [4.78, 5) is 35.9. The van der Waals surface area contributed by atoms with Gasteiger partial charge in [-0.1, -0.05) is 11.6 Å². The van der Waals surface area contributed by atoms with Crippen molar-refractivity contribution in [2.75, 3.05) is 0 Å². The summed E-state index contributed by atoms with van der Waals surface area (Å²) in [5.74, 6) is -3.18. The van der Waals surface area contributed by atoms with Crippen molar-refractivity contribution in [3.8, 4) is 5.69 Å². The van der Waals surface area contributed by atoms with E-state index in [4.69, 9.17) is 16.7 Å². The number of aromatic amines is 1. The van der Waals surface area contributed by atoms with Gasteiger partial charge in [-0.3, -0.25) is 19.5 Å². The van der Waals surface area contributed by atoms with Gasteiger partial charge in [-0.25, -0.2) is 13.5 Å². The van der Waals surface area contributed by atoms with Crippen LogP contribution in [0, 0.1) is 11.6 Å². The van der Waals surface area contributed by atoms with E-state index >= 15 is 0 Å². The van der Waals surface area contributed by atoms with Crippen molar-refractivity contribution in [2.24, 2.45) is 0 Å². The van der Waals surface area contributed by atoms with Gasteiger partial charge in [0.2, 0.25) is 0 Å². The molecule has 29 heavy (non-hydrogen) atoms. The van der Waals surface area contributed by atoms with Gasteiger partial charge in [0.15, 0.2) is 0 Å². The molecule has 0 saturated heterocycles. The quantitative estimate of drug-likeness (QED) is 0.569. The van der Waals surface area contributed by atoms with Crippen LogP contribution >= 0.6 is 11.6 Å². The molecule has 0 spiro atoms. The number of amides is 1. The number of benzene rings is 2. The highest BCUT2D eigenvalue weighted by Crippen LogP contribution is 2.26. The zero-order valence-electron chi connectivity index (χ0n) is 14.7. The van der Waals surface area contributed by atoms with E-state index in [0.717, 1.165) is 35.0 Å². The highest BCUT2D eigenvalue weighted by molar-refractivity contribution is 6.31. The largest absolute Gasteiger partial charge is 0.481 e. The highest BCUT2D eigenvalue weighted by atomic mass is 35.5. The van der Waals surface area contributed by atoms with Crippen LogP contribution in [0.4, 0.5) is 8.78 Å². The third-order valence-electron chi connectivity index (χ3n) is 4.07. The van der Waals surface area contributed by atoms with E-state index < -0.39 is 41.5 Å². The first-order valence-electron chi connectivity index (χ1n) is 8.30. The number of carbonyl (C=O) groups excluding carboxylic acids is 1. The van der Waals surface area contributed by atoms with E-state index in [9.17, 15) is 23.2 Å². The molecule has 1 heterocycles. The lowest BCUT2D eigenvalue weighted by Crippen LogP contribution is -2.31. The Morgan fingerprint density at radius 2 is 1.76 bits per heavy atom. The summed E-state index contributed by atoms with van der Waals surface area (Å²) in [6, 6.07) is 8.23. The van der Waals surface area contributed by atoms with Gasteiger partial charge in [-0.15, -0.1) is 0 Å². The lowest BCUT2D eigenvalue weighted by atomic mass is 10.0. The standard InChI is InChI=1S/C19H14ClF2N3O4/c20-14-6-3-11(22)7-13(14)15(9-18(27)28)23-19(29)16-8-17(26)25(24-16)12-4-1-10(21)2-5-12/h1-8,15,24H,9H2,(H,23,29)(H,27,28). The summed E-state index contributed by atoms with van der Waals surface area (Å²) in [7, 11) is 0. The minimum atomic E-state index is -1.24. The molecule has 1 amide bonds. The van der Waals surface area contributed by atoms with Crippen LogP contribution in [-0.2, 0) is 4.79 Å². The molecule has 0 aliphatic heterocycles. The second-order valence-corrected chi connectivity index (χ2v) is 6.52. The predicted molar refractivity (Wildman–Crippen MR) is 100 cm³/mol. The number of carbonyl (C=O) groups is 2. The van der Waals surface area contributed by atoms with Gasteiger partial charge in [-0.05, 0) is 48.0 Å². The van der Waals surface area contributed by atoms with Crippen molar-refractivity contribution < 1.29 is 23.5 Å². The minimum Gasteiger partial charge on any atom is -0.481 e. The van der Waals surface area contributed by atoms with Gasteiger partial charge >= 0.3 is 5.97 Å². The van der Waals surface area contributed by atoms with Crippen molar-refractivity contribution in [1.82, 2.24) is 15.1 Å². The number of H-pyrrole nitrogens is 1. The number of carboxylic acid groups (broad SMARTS) is 1. The summed E-state index contributed by atoms with van der Waals surface area (Å²) >= 11 is 6.02. The number of aliphatic carboxylic acids is 1. The van der Waals surface area contributed by atoms with Gasteiger partial charge in [0.1, 0.15) is 17.3 Å². The van der Waals surface area contributed by atoms with Crippen LogP contribution < -0.4 is 10.9 Å². The Hall–Kier alpha value is -3.46. The number of nitrogens with zero attached hydrogens (tertiary/aromatic N) is 1. The van der Waals surface area contributed by atoms with E-state index in [0.29, 0.717) is 5.69 Å². The van der Waals surface area contributed by atoms with Gasteiger partial charge in [-0.2, -0.15) is 0 Å². The first-order chi connectivity index (χ1) is 13.7. The van der Waals surface area contributed by atoms with Crippen molar-refractivity contribution >= 4 is 23.5 Å². The van der Waals surface area contributed by atoms with Crippen LogP contribution in [0.2, 0.25) is 5.02 Å². The molecule has 0 aliphatic rings. The molecule has 0 saturated carbocycles. The summed E-state index contributed by atoms with van der Waals surface area (Å²) in [6.07, 6.45) is -0.558. The van der Waals surface area contributed by atoms with E-state index in [-0.39, 0.29) is 16.3 Å². The Labute approximate surface area is 167 Å². The molecule has 1 aromatic heterocycles. The van der Waals surface area contributed by atoms with Crippen LogP contribution in [0.15, 0.2) is 53.3 Å². The van der Waals surface area contributed by atoms with Crippen LogP contribution in [0.5, 0.6) is 0 Å². The summed E-state index contributed by atoms with van der Waals surface area (Å²) < 4.78 is 27.7.